The van der Waals surface area contributed by atoms with Crippen LogP contribution >= 0.6 is 0 Å². The maximum absolute atomic E-state index is 12.3. The van der Waals surface area contributed by atoms with Crippen molar-refractivity contribution in [2.75, 3.05) is 0 Å². The van der Waals surface area contributed by atoms with Crippen LogP contribution in [0.25, 0.3) is 0 Å². The lowest BCUT2D eigenvalue weighted by atomic mass is 9.71. The smallest absolute Gasteiger partial charge is 0.220 e. The molecule has 3 rings (SSSR count). The van der Waals surface area contributed by atoms with E-state index in [1.54, 1.807) is 17.3 Å². The molecule has 0 aliphatic heterocycles. The SMILES string of the molecule is O=C(CC1(Cn2cnnn2)CCCCC1)NCc1ccco1. The summed E-state index contributed by atoms with van der Waals surface area (Å²) in [6.45, 7) is 1.14. The van der Waals surface area contributed by atoms with Gasteiger partial charge in [0.05, 0.1) is 19.4 Å². The fraction of sp³-hybridized carbons (Fsp3) is 0.600. The van der Waals surface area contributed by atoms with E-state index in [0.717, 1.165) is 31.4 Å². The van der Waals surface area contributed by atoms with Gasteiger partial charge < -0.3 is 9.73 Å². The molecule has 2 aromatic heterocycles. The molecule has 1 fully saturated rings. The molecule has 7 nitrogen and oxygen atoms in total. The number of carbonyl (C=O) groups excluding carboxylic acids is 1. The van der Waals surface area contributed by atoms with Gasteiger partial charge in [-0.3, -0.25) is 4.79 Å². The number of hydrogen-bond donors (Lipinski definition) is 1. The summed E-state index contributed by atoms with van der Waals surface area (Å²) in [5, 5.41) is 14.3. The summed E-state index contributed by atoms with van der Waals surface area (Å²) < 4.78 is 6.98. The normalized spacial score (nSPS) is 17.3. The van der Waals surface area contributed by atoms with Crippen molar-refractivity contribution in [3.05, 3.63) is 30.5 Å². The van der Waals surface area contributed by atoms with Gasteiger partial charge in [-0.05, 0) is 40.8 Å². The fourth-order valence-corrected chi connectivity index (χ4v) is 3.29. The highest BCUT2D eigenvalue weighted by atomic mass is 16.3. The molecule has 1 saturated carbocycles. The lowest BCUT2D eigenvalue weighted by molar-refractivity contribution is -0.124. The van der Waals surface area contributed by atoms with Crippen molar-refractivity contribution in [3.8, 4) is 0 Å². The zero-order valence-electron chi connectivity index (χ0n) is 12.6. The van der Waals surface area contributed by atoms with Crippen molar-refractivity contribution in [1.82, 2.24) is 25.5 Å². The van der Waals surface area contributed by atoms with Crippen LogP contribution in [0.1, 0.15) is 44.3 Å². The van der Waals surface area contributed by atoms with E-state index in [2.05, 4.69) is 20.8 Å². The van der Waals surface area contributed by atoms with E-state index in [-0.39, 0.29) is 11.3 Å². The molecule has 0 spiro atoms. The Morgan fingerprint density at radius 1 is 1.36 bits per heavy atom. The van der Waals surface area contributed by atoms with Gasteiger partial charge in [0.2, 0.25) is 5.91 Å². The summed E-state index contributed by atoms with van der Waals surface area (Å²) >= 11 is 0. The van der Waals surface area contributed by atoms with Crippen molar-refractivity contribution in [3.63, 3.8) is 0 Å². The van der Waals surface area contributed by atoms with Crippen LogP contribution in [0, 0.1) is 5.41 Å². The number of carbonyl (C=O) groups is 1. The minimum atomic E-state index is -0.0408. The summed E-state index contributed by atoms with van der Waals surface area (Å²) in [6.07, 6.45) is 9.39. The zero-order chi connectivity index (χ0) is 15.3. The van der Waals surface area contributed by atoms with Crippen LogP contribution in [0.5, 0.6) is 0 Å². The van der Waals surface area contributed by atoms with Crippen LogP contribution < -0.4 is 5.32 Å². The Morgan fingerprint density at radius 3 is 2.91 bits per heavy atom. The molecule has 0 unspecified atom stereocenters. The third-order valence-corrected chi connectivity index (χ3v) is 4.38. The third-order valence-electron chi connectivity index (χ3n) is 4.38. The second-order valence-electron chi connectivity index (χ2n) is 6.10. The Hall–Kier alpha value is -2.18. The third kappa shape index (κ3) is 3.72. The Morgan fingerprint density at radius 2 is 2.23 bits per heavy atom. The van der Waals surface area contributed by atoms with Crippen molar-refractivity contribution in [2.45, 2.75) is 51.6 Å². The first kappa shape index (κ1) is 14.7. The lowest BCUT2D eigenvalue weighted by Gasteiger charge is -2.36. The van der Waals surface area contributed by atoms with Gasteiger partial charge in [-0.15, -0.1) is 5.10 Å². The number of nitrogens with zero attached hydrogens (tertiary/aromatic N) is 4. The fourth-order valence-electron chi connectivity index (χ4n) is 3.29. The summed E-state index contributed by atoms with van der Waals surface area (Å²) in [7, 11) is 0. The largest absolute Gasteiger partial charge is 0.467 e. The topological polar surface area (TPSA) is 85.8 Å². The van der Waals surface area contributed by atoms with Gasteiger partial charge in [0, 0.05) is 6.42 Å². The Labute approximate surface area is 129 Å². The van der Waals surface area contributed by atoms with Crippen LogP contribution in [0.2, 0.25) is 0 Å². The first-order valence-electron chi connectivity index (χ1n) is 7.76. The monoisotopic (exact) mass is 303 g/mol. The van der Waals surface area contributed by atoms with Crippen LogP contribution in [0.4, 0.5) is 0 Å². The summed E-state index contributed by atoms with van der Waals surface area (Å²) in [5.74, 6) is 0.831. The van der Waals surface area contributed by atoms with Crippen LogP contribution in [0.3, 0.4) is 0 Å². The van der Waals surface area contributed by atoms with Gasteiger partial charge in [-0.2, -0.15) is 0 Å². The number of amides is 1. The molecule has 1 aliphatic carbocycles. The molecule has 0 aromatic carbocycles. The first-order valence-corrected chi connectivity index (χ1v) is 7.76. The highest BCUT2D eigenvalue weighted by molar-refractivity contribution is 5.76. The van der Waals surface area contributed by atoms with Gasteiger partial charge in [0.1, 0.15) is 12.1 Å². The second kappa shape index (κ2) is 6.72. The van der Waals surface area contributed by atoms with E-state index in [1.807, 2.05) is 12.1 Å². The van der Waals surface area contributed by atoms with Crippen molar-refractivity contribution >= 4 is 5.91 Å². The number of tetrazole rings is 1. The predicted molar refractivity (Wildman–Crippen MR) is 78.5 cm³/mol. The molecule has 1 aliphatic rings. The molecule has 0 radical (unpaired) electrons. The second-order valence-corrected chi connectivity index (χ2v) is 6.10. The highest BCUT2D eigenvalue weighted by Gasteiger charge is 2.35. The van der Waals surface area contributed by atoms with Gasteiger partial charge in [0.15, 0.2) is 0 Å². The standard InChI is InChI=1S/C15H21N5O2/c21-14(16-10-13-5-4-8-22-13)9-15(6-2-1-3-7-15)11-20-12-17-18-19-20/h4-5,8,12H,1-3,6-7,9-11H2,(H,16,21). The Bertz CT molecular complexity index is 573. The Balaban J connectivity index is 1.60. The molecule has 0 bridgehead atoms. The molecule has 22 heavy (non-hydrogen) atoms. The Kier molecular flexibility index (Phi) is 4.50. The first-order chi connectivity index (χ1) is 10.8. The maximum atomic E-state index is 12.3. The molecule has 1 N–H and O–H groups in total. The minimum Gasteiger partial charge on any atom is -0.467 e. The maximum Gasteiger partial charge on any atom is 0.220 e. The molecule has 0 saturated heterocycles. The van der Waals surface area contributed by atoms with Crippen LogP contribution in [0.15, 0.2) is 29.1 Å². The molecule has 0 atom stereocenters. The summed E-state index contributed by atoms with van der Waals surface area (Å²) in [5.41, 5.74) is -0.0408. The average Bonchev–Trinajstić information content (AvgIpc) is 3.19. The van der Waals surface area contributed by atoms with E-state index < -0.39 is 0 Å². The molecule has 2 aromatic rings. The van der Waals surface area contributed by atoms with Crippen LogP contribution in [-0.2, 0) is 17.9 Å². The number of nitrogens with one attached hydrogen (secondary N) is 1. The molecule has 118 valence electrons. The lowest BCUT2D eigenvalue weighted by Crippen LogP contribution is -2.36. The van der Waals surface area contributed by atoms with Gasteiger partial charge >= 0.3 is 0 Å². The van der Waals surface area contributed by atoms with E-state index in [9.17, 15) is 4.79 Å². The number of rotatable bonds is 6. The average molecular weight is 303 g/mol. The molecular weight excluding hydrogens is 282 g/mol. The quantitative estimate of drug-likeness (QED) is 0.881. The van der Waals surface area contributed by atoms with Crippen molar-refractivity contribution < 1.29 is 9.21 Å². The number of hydrogen-bond acceptors (Lipinski definition) is 5. The zero-order valence-corrected chi connectivity index (χ0v) is 12.6. The number of furan rings is 1. The number of aromatic nitrogens is 4. The van der Waals surface area contributed by atoms with E-state index in [1.165, 1.54) is 6.42 Å². The van der Waals surface area contributed by atoms with Crippen molar-refractivity contribution in [1.29, 1.82) is 0 Å². The van der Waals surface area contributed by atoms with Gasteiger partial charge in [0.25, 0.3) is 0 Å². The summed E-state index contributed by atoms with van der Waals surface area (Å²) in [4.78, 5) is 12.3. The minimum absolute atomic E-state index is 0.0408. The van der Waals surface area contributed by atoms with E-state index in [4.69, 9.17) is 4.42 Å². The molecule has 1 amide bonds. The molecular formula is C15H21N5O2. The van der Waals surface area contributed by atoms with Gasteiger partial charge in [-0.1, -0.05) is 19.3 Å². The highest BCUT2D eigenvalue weighted by Crippen LogP contribution is 2.40. The predicted octanol–water partition coefficient (Wildman–Crippen LogP) is 1.92. The summed E-state index contributed by atoms with van der Waals surface area (Å²) in [6, 6.07) is 3.68. The van der Waals surface area contributed by atoms with E-state index >= 15 is 0 Å². The molecule has 2 heterocycles. The van der Waals surface area contributed by atoms with E-state index in [0.29, 0.717) is 19.5 Å². The molecule has 7 heteroatoms. The van der Waals surface area contributed by atoms with Crippen LogP contribution in [-0.4, -0.2) is 26.1 Å². The van der Waals surface area contributed by atoms with Crippen molar-refractivity contribution in [2.24, 2.45) is 5.41 Å². The van der Waals surface area contributed by atoms with Gasteiger partial charge in [-0.25, -0.2) is 4.68 Å².